The van der Waals surface area contributed by atoms with E-state index >= 15 is 0 Å². The van der Waals surface area contributed by atoms with Crippen LogP contribution in [0.15, 0.2) is 24.3 Å². The van der Waals surface area contributed by atoms with Crippen molar-refractivity contribution in [1.82, 2.24) is 5.32 Å². The van der Waals surface area contributed by atoms with Crippen molar-refractivity contribution in [1.29, 1.82) is 0 Å². The molecule has 0 aliphatic carbocycles. The maximum atomic E-state index is 3.60. The van der Waals surface area contributed by atoms with E-state index in [0.717, 1.165) is 6.54 Å². The molecule has 19 heavy (non-hydrogen) atoms. The van der Waals surface area contributed by atoms with Gasteiger partial charge in [-0.25, -0.2) is 0 Å². The second kappa shape index (κ2) is 9.44. The van der Waals surface area contributed by atoms with Crippen molar-refractivity contribution in [3.63, 3.8) is 0 Å². The number of hydrogen-bond donors (Lipinski definition) is 1. The summed E-state index contributed by atoms with van der Waals surface area (Å²) in [5.41, 5.74) is 2.85. The molecule has 1 aromatic rings. The molecule has 0 spiro atoms. The average molecular weight is 279 g/mol. The summed E-state index contributed by atoms with van der Waals surface area (Å²) in [6, 6.07) is 9.64. The van der Waals surface area contributed by atoms with Gasteiger partial charge in [0.1, 0.15) is 0 Å². The Morgan fingerprint density at radius 3 is 2.21 bits per heavy atom. The Balaban J connectivity index is 2.59. The molecule has 1 nitrogen and oxygen atoms in total. The highest BCUT2D eigenvalue weighted by Gasteiger charge is 2.10. The Kier molecular flexibility index (Phi) is 8.24. The molecule has 1 rings (SSSR count). The van der Waals surface area contributed by atoms with E-state index in [2.05, 4.69) is 69.0 Å². The third-order valence-electron chi connectivity index (χ3n) is 3.38. The molecule has 0 amide bonds. The van der Waals surface area contributed by atoms with Gasteiger partial charge in [-0.1, -0.05) is 58.4 Å². The maximum absolute atomic E-state index is 3.60. The lowest BCUT2D eigenvalue weighted by Crippen LogP contribution is -2.23. The van der Waals surface area contributed by atoms with Gasteiger partial charge in [0.05, 0.1) is 0 Å². The quantitative estimate of drug-likeness (QED) is 0.639. The van der Waals surface area contributed by atoms with Gasteiger partial charge in [-0.2, -0.15) is 11.8 Å². The second-order valence-corrected chi connectivity index (χ2v) is 6.51. The first-order valence-electron chi connectivity index (χ1n) is 7.60. The lowest BCUT2D eigenvalue weighted by Gasteiger charge is -2.19. The van der Waals surface area contributed by atoms with Crippen molar-refractivity contribution < 1.29 is 0 Å². The van der Waals surface area contributed by atoms with Crippen molar-refractivity contribution in [2.24, 2.45) is 0 Å². The number of thioether (sulfide) groups is 1. The zero-order chi connectivity index (χ0) is 14.1. The lowest BCUT2D eigenvalue weighted by molar-refractivity contribution is 0.605. The molecule has 0 saturated heterocycles. The van der Waals surface area contributed by atoms with Crippen molar-refractivity contribution >= 4 is 11.8 Å². The minimum Gasteiger partial charge on any atom is -0.310 e. The van der Waals surface area contributed by atoms with E-state index in [-0.39, 0.29) is 0 Å². The van der Waals surface area contributed by atoms with E-state index in [1.807, 2.05) is 0 Å². The third-order valence-corrected chi connectivity index (χ3v) is 4.53. The van der Waals surface area contributed by atoms with E-state index in [0.29, 0.717) is 12.0 Å². The molecule has 0 aromatic heterocycles. The van der Waals surface area contributed by atoms with Crippen LogP contribution in [0.3, 0.4) is 0 Å². The number of hydrogen-bond acceptors (Lipinski definition) is 2. The summed E-state index contributed by atoms with van der Waals surface area (Å²) in [4.78, 5) is 0. The molecule has 1 N–H and O–H groups in total. The van der Waals surface area contributed by atoms with Gasteiger partial charge in [0, 0.05) is 11.8 Å². The zero-order valence-electron chi connectivity index (χ0n) is 12.9. The summed E-state index contributed by atoms with van der Waals surface area (Å²) in [5, 5.41) is 3.60. The van der Waals surface area contributed by atoms with Crippen molar-refractivity contribution in [2.45, 2.75) is 52.5 Å². The molecule has 0 bridgehead atoms. The first-order chi connectivity index (χ1) is 9.19. The molecule has 1 unspecified atom stereocenters. The fraction of sp³-hybridized carbons (Fsp3) is 0.647. The maximum Gasteiger partial charge on any atom is 0.0411 e. The van der Waals surface area contributed by atoms with Crippen LogP contribution < -0.4 is 5.32 Å². The summed E-state index contributed by atoms with van der Waals surface area (Å²) in [5.74, 6) is 3.07. The first-order valence-corrected chi connectivity index (χ1v) is 8.75. The fourth-order valence-corrected chi connectivity index (χ4v) is 3.29. The number of benzene rings is 1. The van der Waals surface area contributed by atoms with E-state index in [1.54, 1.807) is 0 Å². The Bertz CT molecular complexity index is 332. The minimum atomic E-state index is 0.494. The summed E-state index contributed by atoms with van der Waals surface area (Å²) in [7, 11) is 0. The molecule has 0 fully saturated rings. The van der Waals surface area contributed by atoms with Crippen LogP contribution in [-0.2, 0) is 0 Å². The molecule has 0 aliphatic rings. The predicted octanol–water partition coefficient (Wildman–Crippen LogP) is 4.99. The molecule has 0 heterocycles. The van der Waals surface area contributed by atoms with E-state index in [4.69, 9.17) is 0 Å². The van der Waals surface area contributed by atoms with Gasteiger partial charge in [-0.3, -0.25) is 0 Å². The fourth-order valence-electron chi connectivity index (χ4n) is 2.08. The molecule has 1 aromatic carbocycles. The van der Waals surface area contributed by atoms with Crippen LogP contribution in [0, 0.1) is 0 Å². The number of nitrogens with one attached hydrogen (secondary N) is 1. The molecule has 0 aliphatic heterocycles. The third kappa shape index (κ3) is 6.01. The Hall–Kier alpha value is -0.470. The Morgan fingerprint density at radius 1 is 1.05 bits per heavy atom. The summed E-state index contributed by atoms with van der Waals surface area (Å²) < 4.78 is 0. The first kappa shape index (κ1) is 16.6. The second-order valence-electron chi connectivity index (χ2n) is 5.36. The van der Waals surface area contributed by atoms with Crippen LogP contribution in [0.1, 0.15) is 63.6 Å². The van der Waals surface area contributed by atoms with Gasteiger partial charge in [0.25, 0.3) is 0 Å². The highest BCUT2D eigenvalue weighted by molar-refractivity contribution is 7.99. The summed E-state index contributed by atoms with van der Waals surface area (Å²) in [6.45, 7) is 9.97. The standard InChI is InChI=1S/C17H29NS/c1-5-7-12-19-13-17(18-6-2)16-10-8-15(9-11-16)14(3)4/h8-11,14,17-18H,5-7,12-13H2,1-4H3. The van der Waals surface area contributed by atoms with Gasteiger partial charge in [-0.15, -0.1) is 0 Å². The Morgan fingerprint density at radius 2 is 1.68 bits per heavy atom. The summed E-state index contributed by atoms with van der Waals surface area (Å²) >= 11 is 2.07. The SMILES string of the molecule is CCCCSCC(NCC)c1ccc(C(C)C)cc1. The largest absolute Gasteiger partial charge is 0.310 e. The van der Waals surface area contributed by atoms with Gasteiger partial charge in [-0.05, 0) is 35.8 Å². The topological polar surface area (TPSA) is 12.0 Å². The van der Waals surface area contributed by atoms with Gasteiger partial charge in [0.2, 0.25) is 0 Å². The van der Waals surface area contributed by atoms with Gasteiger partial charge in [0.15, 0.2) is 0 Å². The van der Waals surface area contributed by atoms with E-state index < -0.39 is 0 Å². The van der Waals surface area contributed by atoms with Crippen molar-refractivity contribution in [3.05, 3.63) is 35.4 Å². The average Bonchev–Trinajstić information content (AvgIpc) is 2.42. The molecular weight excluding hydrogens is 250 g/mol. The molecule has 108 valence electrons. The smallest absolute Gasteiger partial charge is 0.0411 e. The summed E-state index contributed by atoms with van der Waals surface area (Å²) in [6.07, 6.45) is 2.62. The normalized spacial score (nSPS) is 12.9. The van der Waals surface area contributed by atoms with Crippen LogP contribution in [-0.4, -0.2) is 18.1 Å². The molecule has 1 atom stereocenters. The van der Waals surface area contributed by atoms with Crippen molar-refractivity contribution in [3.8, 4) is 0 Å². The van der Waals surface area contributed by atoms with Gasteiger partial charge < -0.3 is 5.32 Å². The minimum absolute atomic E-state index is 0.494. The van der Waals surface area contributed by atoms with Crippen LogP contribution in [0.5, 0.6) is 0 Å². The van der Waals surface area contributed by atoms with Crippen LogP contribution in [0.25, 0.3) is 0 Å². The molecule has 0 radical (unpaired) electrons. The van der Waals surface area contributed by atoms with Crippen LogP contribution in [0.4, 0.5) is 0 Å². The van der Waals surface area contributed by atoms with Crippen LogP contribution in [0.2, 0.25) is 0 Å². The molecule has 2 heteroatoms. The number of rotatable bonds is 9. The van der Waals surface area contributed by atoms with Crippen molar-refractivity contribution in [2.75, 3.05) is 18.1 Å². The highest BCUT2D eigenvalue weighted by Crippen LogP contribution is 2.22. The molecule has 0 saturated carbocycles. The lowest BCUT2D eigenvalue weighted by atomic mass is 9.99. The predicted molar refractivity (Wildman–Crippen MR) is 89.2 cm³/mol. The molecular formula is C17H29NS. The Labute approximate surface area is 123 Å². The highest BCUT2D eigenvalue weighted by atomic mass is 32.2. The number of unbranched alkanes of at least 4 members (excludes halogenated alkanes) is 1. The zero-order valence-corrected chi connectivity index (χ0v) is 13.7. The van der Waals surface area contributed by atoms with Crippen LogP contribution >= 0.6 is 11.8 Å². The van der Waals surface area contributed by atoms with Gasteiger partial charge >= 0.3 is 0 Å². The monoisotopic (exact) mass is 279 g/mol. The van der Waals surface area contributed by atoms with E-state index in [9.17, 15) is 0 Å². The van der Waals surface area contributed by atoms with E-state index in [1.165, 1.54) is 35.5 Å².